The Labute approximate surface area is 283 Å². The van der Waals surface area contributed by atoms with E-state index in [-0.39, 0.29) is 18.4 Å². The molecule has 5 aromatic rings. The minimum atomic E-state index is -1.68. The molecule has 8 rings (SSSR count). The van der Waals surface area contributed by atoms with Gasteiger partial charge in [-0.15, -0.1) is 5.10 Å². The maximum atomic E-state index is 16.3. The number of anilines is 3. The SMILES string of the molecule is C[C@@H]1[C@@H](C(C)(C)F)[C@H](CCn2cc(CCO)nn2)O[C@@]12C(=O)N(Cc1ccccc1)c1ccc(N3C(=O)c4cccc5cccc3c45)cc12. The van der Waals surface area contributed by atoms with Gasteiger partial charge in [-0.25, -0.2) is 4.39 Å². The molecule has 10 heteroatoms. The molecule has 1 N–H and O–H groups in total. The maximum absolute atomic E-state index is 16.3. The van der Waals surface area contributed by atoms with Gasteiger partial charge >= 0.3 is 0 Å². The lowest BCUT2D eigenvalue weighted by atomic mass is 9.71. The second-order valence-electron chi connectivity index (χ2n) is 13.9. The fourth-order valence-corrected chi connectivity index (χ4v) is 8.48. The molecule has 2 amide bonds. The van der Waals surface area contributed by atoms with E-state index in [0.717, 1.165) is 22.0 Å². The monoisotopic (exact) mass is 659 g/mol. The van der Waals surface area contributed by atoms with E-state index in [1.165, 1.54) is 0 Å². The van der Waals surface area contributed by atoms with Crippen LogP contribution >= 0.6 is 0 Å². The molecule has 9 nitrogen and oxygen atoms in total. The van der Waals surface area contributed by atoms with E-state index in [4.69, 9.17) is 4.74 Å². The lowest BCUT2D eigenvalue weighted by molar-refractivity contribution is -0.146. The van der Waals surface area contributed by atoms with Crippen LogP contribution < -0.4 is 9.80 Å². The molecular formula is C39H38FN5O4. The minimum absolute atomic E-state index is 0.0319. The fourth-order valence-electron chi connectivity index (χ4n) is 8.48. The van der Waals surface area contributed by atoms with Crippen LogP contribution in [0, 0.1) is 11.8 Å². The molecule has 4 atom stereocenters. The molecule has 4 heterocycles. The number of carbonyl (C=O) groups is 2. The zero-order valence-corrected chi connectivity index (χ0v) is 27.7. The van der Waals surface area contributed by atoms with Crippen LogP contribution in [0.5, 0.6) is 0 Å². The molecule has 0 aliphatic carbocycles. The van der Waals surface area contributed by atoms with Crippen molar-refractivity contribution in [2.75, 3.05) is 16.4 Å². The number of ether oxygens (including phenoxy) is 1. The summed E-state index contributed by atoms with van der Waals surface area (Å²) in [6.45, 7) is 5.71. The lowest BCUT2D eigenvalue weighted by Gasteiger charge is -2.32. The molecule has 0 radical (unpaired) electrons. The number of carbonyl (C=O) groups excluding carboxylic acids is 2. The average molecular weight is 660 g/mol. The summed E-state index contributed by atoms with van der Waals surface area (Å²) in [4.78, 5) is 32.4. The van der Waals surface area contributed by atoms with Crippen molar-refractivity contribution in [3.8, 4) is 0 Å². The maximum Gasteiger partial charge on any atom is 0.264 e. The molecule has 0 saturated carbocycles. The van der Waals surface area contributed by atoms with Crippen molar-refractivity contribution in [2.24, 2.45) is 11.8 Å². The summed E-state index contributed by atoms with van der Waals surface area (Å²) in [7, 11) is 0. The first kappa shape index (κ1) is 31.3. The summed E-state index contributed by atoms with van der Waals surface area (Å²) in [5.74, 6) is -1.55. The molecule has 1 fully saturated rings. The number of aryl methyl sites for hydroxylation is 1. The Bertz CT molecular complexity index is 2090. The van der Waals surface area contributed by atoms with Crippen LogP contribution in [0.15, 0.2) is 91.1 Å². The van der Waals surface area contributed by atoms with E-state index >= 15 is 4.39 Å². The Morgan fingerprint density at radius 2 is 1.76 bits per heavy atom. The van der Waals surface area contributed by atoms with Crippen molar-refractivity contribution >= 4 is 39.6 Å². The van der Waals surface area contributed by atoms with Gasteiger partial charge in [-0.05, 0) is 61.5 Å². The molecule has 250 valence electrons. The fraction of sp³-hybridized carbons (Fsp3) is 0.333. The topological polar surface area (TPSA) is 101 Å². The Morgan fingerprint density at radius 3 is 2.51 bits per heavy atom. The Balaban J connectivity index is 1.23. The molecule has 1 aromatic heterocycles. The molecule has 0 bridgehead atoms. The number of hydrogen-bond acceptors (Lipinski definition) is 6. The lowest BCUT2D eigenvalue weighted by Crippen LogP contribution is -2.45. The number of aromatic nitrogens is 3. The number of aliphatic hydroxyl groups excluding tert-OH is 1. The summed E-state index contributed by atoms with van der Waals surface area (Å²) < 4.78 is 25.0. The van der Waals surface area contributed by atoms with Gasteiger partial charge in [-0.2, -0.15) is 0 Å². The van der Waals surface area contributed by atoms with Gasteiger partial charge in [0.1, 0.15) is 5.67 Å². The predicted octanol–water partition coefficient (Wildman–Crippen LogP) is 6.49. The van der Waals surface area contributed by atoms with E-state index in [2.05, 4.69) is 10.3 Å². The van der Waals surface area contributed by atoms with Crippen molar-refractivity contribution in [3.05, 3.63) is 114 Å². The highest BCUT2D eigenvalue weighted by Gasteiger charge is 2.66. The van der Waals surface area contributed by atoms with Crippen molar-refractivity contribution in [2.45, 2.75) is 64.1 Å². The first-order valence-electron chi connectivity index (χ1n) is 16.8. The highest BCUT2D eigenvalue weighted by molar-refractivity contribution is 6.28. The Morgan fingerprint density at radius 1 is 0.980 bits per heavy atom. The molecule has 3 aliphatic heterocycles. The predicted molar refractivity (Wildman–Crippen MR) is 184 cm³/mol. The van der Waals surface area contributed by atoms with Crippen LogP contribution in [-0.2, 0) is 34.6 Å². The van der Waals surface area contributed by atoms with Crippen LogP contribution in [0.2, 0.25) is 0 Å². The quantitative estimate of drug-likeness (QED) is 0.194. The zero-order valence-electron chi connectivity index (χ0n) is 27.7. The van der Waals surface area contributed by atoms with Gasteiger partial charge in [-0.1, -0.05) is 66.7 Å². The number of amides is 2. The molecule has 1 saturated heterocycles. The third kappa shape index (κ3) is 4.88. The summed E-state index contributed by atoms with van der Waals surface area (Å²) >= 11 is 0. The van der Waals surface area contributed by atoms with Gasteiger partial charge in [0.15, 0.2) is 5.60 Å². The highest BCUT2D eigenvalue weighted by atomic mass is 19.1. The number of fused-ring (bicyclic) bond motifs is 2. The largest absolute Gasteiger partial charge is 0.396 e. The number of hydrogen-bond donors (Lipinski definition) is 1. The van der Waals surface area contributed by atoms with Crippen LogP contribution in [0.3, 0.4) is 0 Å². The molecule has 0 unspecified atom stereocenters. The highest BCUT2D eigenvalue weighted by Crippen LogP contribution is 2.59. The van der Waals surface area contributed by atoms with E-state index in [0.29, 0.717) is 54.1 Å². The van der Waals surface area contributed by atoms with Crippen LogP contribution in [0.4, 0.5) is 21.5 Å². The standard InChI is InChI=1S/C39H38FN5O4/c1-24-35(38(2,3)40)33(17-19-43-23-27(18-20-46)41-42-43)49-39(24)30-21-28(15-16-31(30)44(37(39)48)22-25-9-5-4-6-10-25)45-32-14-8-12-26-11-7-13-29(34(26)32)36(45)47/h4-16,21,23-24,33,35,46H,17-20,22H2,1-3H3/t24-,33+,35-,39+/m1/s1. The number of halogens is 1. The normalized spacial score (nSPS) is 23.0. The van der Waals surface area contributed by atoms with E-state index < -0.39 is 29.2 Å². The smallest absolute Gasteiger partial charge is 0.264 e. The summed E-state index contributed by atoms with van der Waals surface area (Å²) in [6, 6.07) is 27.1. The average Bonchev–Trinajstić information content (AvgIpc) is 3.80. The van der Waals surface area contributed by atoms with E-state index in [9.17, 15) is 14.7 Å². The number of aliphatic hydroxyl groups is 1. The van der Waals surface area contributed by atoms with Crippen LogP contribution in [-0.4, -0.2) is 50.3 Å². The van der Waals surface area contributed by atoms with Gasteiger partial charge in [-0.3, -0.25) is 19.2 Å². The number of nitrogens with zero attached hydrogens (tertiary/aromatic N) is 5. The second-order valence-corrected chi connectivity index (χ2v) is 13.9. The van der Waals surface area contributed by atoms with Crippen molar-refractivity contribution < 1.29 is 23.8 Å². The second kappa shape index (κ2) is 11.6. The third-order valence-corrected chi connectivity index (χ3v) is 10.5. The summed E-state index contributed by atoms with van der Waals surface area (Å²) in [6.07, 6.45) is 1.94. The first-order chi connectivity index (χ1) is 23.6. The first-order valence-corrected chi connectivity index (χ1v) is 16.8. The minimum Gasteiger partial charge on any atom is -0.396 e. The zero-order chi connectivity index (χ0) is 34.1. The Hall–Kier alpha value is -4.93. The van der Waals surface area contributed by atoms with Gasteiger partial charge in [0.25, 0.3) is 11.8 Å². The molecule has 1 spiro atoms. The summed E-state index contributed by atoms with van der Waals surface area (Å²) in [5, 5.41) is 19.5. The number of alkyl halides is 1. The van der Waals surface area contributed by atoms with Gasteiger partial charge in [0.05, 0.1) is 35.3 Å². The van der Waals surface area contributed by atoms with Crippen molar-refractivity contribution in [3.63, 3.8) is 0 Å². The van der Waals surface area contributed by atoms with Crippen LogP contribution in [0.25, 0.3) is 10.8 Å². The number of rotatable bonds is 9. The van der Waals surface area contributed by atoms with Crippen LogP contribution in [0.1, 0.15) is 54.4 Å². The van der Waals surface area contributed by atoms with E-state index in [1.807, 2.05) is 91.9 Å². The van der Waals surface area contributed by atoms with Gasteiger partial charge < -0.3 is 14.7 Å². The summed E-state index contributed by atoms with van der Waals surface area (Å²) in [5.41, 5.74) is 1.82. The van der Waals surface area contributed by atoms with Crippen molar-refractivity contribution in [1.29, 1.82) is 0 Å². The molecule has 49 heavy (non-hydrogen) atoms. The molecule has 4 aromatic carbocycles. The van der Waals surface area contributed by atoms with E-state index in [1.54, 1.807) is 34.5 Å². The number of benzene rings is 4. The van der Waals surface area contributed by atoms with Gasteiger partial charge in [0, 0.05) is 54.2 Å². The third-order valence-electron chi connectivity index (χ3n) is 10.5. The molecular weight excluding hydrogens is 621 g/mol. The van der Waals surface area contributed by atoms with Gasteiger partial charge in [0.2, 0.25) is 0 Å². The van der Waals surface area contributed by atoms with Crippen molar-refractivity contribution in [1.82, 2.24) is 15.0 Å². The Kier molecular flexibility index (Phi) is 7.42. The molecule has 3 aliphatic rings.